The van der Waals surface area contributed by atoms with Crippen molar-refractivity contribution in [2.75, 3.05) is 13.2 Å². The minimum Gasteiger partial charge on any atom is -1.00 e. The molecule has 0 saturated heterocycles. The molecule has 350 valence electrons. The van der Waals surface area contributed by atoms with E-state index >= 15 is 0 Å². The van der Waals surface area contributed by atoms with Crippen molar-refractivity contribution in [3.05, 3.63) is 32.2 Å². The predicted molar refractivity (Wildman–Crippen MR) is 247 cm³/mol. The van der Waals surface area contributed by atoms with E-state index in [1.165, 1.54) is 175 Å². The molecular weight excluding hydrogens is 1010 g/mol. The largest absolute Gasteiger partial charge is 1.00 e. The summed E-state index contributed by atoms with van der Waals surface area (Å²) in [7, 11) is 0. The number of hydrogen-bond donors (Lipinski definition) is 0. The van der Waals surface area contributed by atoms with Crippen LogP contribution in [0.25, 0.3) is 0 Å². The maximum Gasteiger partial charge on any atom is 0.305 e. The van der Waals surface area contributed by atoms with Crippen molar-refractivity contribution < 1.29 is 76.2 Å². The van der Waals surface area contributed by atoms with Crippen LogP contribution in [0.5, 0.6) is 0 Å². The lowest BCUT2D eigenvalue weighted by molar-refractivity contribution is -0.698. The molecule has 0 spiro atoms. The van der Waals surface area contributed by atoms with Crippen molar-refractivity contribution in [3.8, 4) is 0 Å². The minimum absolute atomic E-state index is 0. The number of hydrogen-bond acceptors (Lipinski definition) is 6. The van der Waals surface area contributed by atoms with Gasteiger partial charge in [0.25, 0.3) is 0 Å². The number of rotatable bonds is 41. The second-order valence-electron chi connectivity index (χ2n) is 17.2. The average Bonchev–Trinajstić information content (AvgIpc) is 3.75. The van der Waals surface area contributed by atoms with Crippen LogP contribution in [-0.2, 0) is 45.0 Å². The number of nitrogens with zero attached hydrogens (tertiary/aromatic N) is 2. The summed E-state index contributed by atoms with van der Waals surface area (Å²) in [6.07, 6.45) is 41.7. The maximum atomic E-state index is 12.3. The lowest BCUT2D eigenvalue weighted by atomic mass is 10.1. The number of carbonyl (C=O) groups is 2. The van der Waals surface area contributed by atoms with E-state index in [9.17, 15) is 9.59 Å². The number of esters is 2. The molecule has 0 aliphatic heterocycles. The first-order valence-electron chi connectivity index (χ1n) is 24.7. The van der Waals surface area contributed by atoms with Gasteiger partial charge in [-0.15, -0.1) is 0 Å². The fourth-order valence-electron chi connectivity index (χ4n) is 7.98. The minimum atomic E-state index is -0.0755. The van der Waals surface area contributed by atoms with Crippen molar-refractivity contribution in [2.24, 2.45) is 0 Å². The molecule has 0 aliphatic carbocycles. The van der Waals surface area contributed by atoms with Crippen molar-refractivity contribution in [1.29, 1.82) is 0 Å². The van der Waals surface area contributed by atoms with Crippen molar-refractivity contribution in [2.45, 2.75) is 259 Å². The highest BCUT2D eigenvalue weighted by molar-refractivity contribution is 7.09. The second-order valence-corrected chi connectivity index (χ2v) is 19.1. The van der Waals surface area contributed by atoms with Crippen LogP contribution in [-0.4, -0.2) is 25.2 Å². The Kier molecular flexibility index (Phi) is 42.4. The highest BCUT2D eigenvalue weighted by atomic mass is 127. The molecule has 2 aromatic rings. The molecule has 0 aromatic carbocycles. The molecule has 2 rings (SSSR count). The van der Waals surface area contributed by atoms with Crippen LogP contribution in [0, 0.1) is 13.8 Å². The average molecular weight is 1100 g/mol. The van der Waals surface area contributed by atoms with E-state index in [0.717, 1.165) is 64.5 Å². The molecular formula is C50H90I2N2O4S2. The first kappa shape index (κ1) is 59.7. The first-order valence-corrected chi connectivity index (χ1v) is 26.5. The van der Waals surface area contributed by atoms with Crippen molar-refractivity contribution in [3.63, 3.8) is 0 Å². The molecule has 0 atom stereocenters. The third kappa shape index (κ3) is 31.5. The van der Waals surface area contributed by atoms with Crippen LogP contribution in [0.15, 0.2) is 11.0 Å². The fraction of sp³-hybridized carbons (Fsp3) is 0.840. The predicted octanol–water partition coefficient (Wildman–Crippen LogP) is 8.40. The van der Waals surface area contributed by atoms with Gasteiger partial charge in [-0.1, -0.05) is 191 Å². The summed E-state index contributed by atoms with van der Waals surface area (Å²) in [5.41, 5.74) is 7.16. The molecule has 60 heavy (non-hydrogen) atoms. The summed E-state index contributed by atoms with van der Waals surface area (Å²) in [4.78, 5) is 27.3. The summed E-state index contributed by atoms with van der Waals surface area (Å²) in [5.74, 6) is -0.151. The Hall–Kier alpha value is -0.340. The Morgan fingerprint density at radius 2 is 0.700 bits per heavy atom. The number of unbranched alkanes of at least 4 members (excludes halogenated alkanes) is 27. The molecule has 0 amide bonds. The van der Waals surface area contributed by atoms with Crippen molar-refractivity contribution in [1.82, 2.24) is 0 Å². The zero-order chi connectivity index (χ0) is 41.7. The summed E-state index contributed by atoms with van der Waals surface area (Å²) in [6, 6.07) is 0. The number of halogens is 2. The number of aryl methyl sites for hydroxylation is 2. The Morgan fingerprint density at radius 3 is 1.00 bits per heavy atom. The van der Waals surface area contributed by atoms with E-state index in [0.29, 0.717) is 26.1 Å². The van der Waals surface area contributed by atoms with Gasteiger partial charge in [0.15, 0.2) is 11.4 Å². The van der Waals surface area contributed by atoms with E-state index in [1.807, 2.05) is 0 Å². The molecule has 2 aromatic heterocycles. The fourth-order valence-corrected chi connectivity index (χ4v) is 9.99. The summed E-state index contributed by atoms with van der Waals surface area (Å²) in [5, 5.41) is 0. The summed E-state index contributed by atoms with van der Waals surface area (Å²) in [6.45, 7) is 12.1. The Morgan fingerprint density at radius 1 is 0.433 bits per heavy atom. The SMILES string of the molecule is CCCCCCCCCCCCCC[n+]1csc(CCOC(=O)CCCCCCCCC(=O)OCCc2sc[n+](CCCCCCCCCCCCCC)c2C)c1C.[I-].[I-]. The van der Waals surface area contributed by atoms with Crippen LogP contribution in [0.4, 0.5) is 0 Å². The number of aromatic nitrogens is 2. The van der Waals surface area contributed by atoms with Gasteiger partial charge in [0.2, 0.25) is 11.0 Å². The van der Waals surface area contributed by atoms with Crippen LogP contribution >= 0.6 is 22.7 Å². The van der Waals surface area contributed by atoms with E-state index in [1.54, 1.807) is 22.7 Å². The number of carbonyl (C=O) groups excluding carboxylic acids is 2. The highest BCUT2D eigenvalue weighted by Crippen LogP contribution is 2.17. The zero-order valence-corrected chi connectivity index (χ0v) is 45.1. The second kappa shape index (κ2) is 42.6. The molecule has 0 bridgehead atoms. The standard InChI is InChI=1S/C50H90N2O4S2.2HI/c1-5-7-9-11-13-15-17-19-21-25-29-33-39-51-43-57-47(45(51)3)37-41-55-49(53)35-31-27-23-24-28-32-36-50(54)56-42-38-48-46(4)52(44-58-48)40-34-30-26-22-20-18-16-14-12-10-8-6-2;;/h43-44H,5-42H2,1-4H3;2*1H/q+2;;/p-2. The van der Waals surface area contributed by atoms with Gasteiger partial charge in [-0.2, -0.15) is 9.13 Å². The van der Waals surface area contributed by atoms with Gasteiger partial charge >= 0.3 is 11.9 Å². The number of thiazole rings is 2. The molecule has 10 heteroatoms. The van der Waals surface area contributed by atoms with E-state index in [2.05, 4.69) is 47.9 Å². The van der Waals surface area contributed by atoms with Gasteiger partial charge < -0.3 is 57.4 Å². The monoisotopic (exact) mass is 1100 g/mol. The first-order chi connectivity index (χ1) is 28.5. The summed E-state index contributed by atoms with van der Waals surface area (Å²) >= 11 is 3.59. The molecule has 6 nitrogen and oxygen atoms in total. The van der Waals surface area contributed by atoms with Crippen LogP contribution in [0.2, 0.25) is 0 Å². The molecule has 2 heterocycles. The smallest absolute Gasteiger partial charge is 0.305 e. The van der Waals surface area contributed by atoms with E-state index in [4.69, 9.17) is 9.47 Å². The molecule has 0 fully saturated rings. The Labute approximate surface area is 412 Å². The van der Waals surface area contributed by atoms with Gasteiger partial charge in [-0.25, -0.2) is 0 Å². The summed E-state index contributed by atoms with van der Waals surface area (Å²) < 4.78 is 15.9. The van der Waals surface area contributed by atoms with Crippen LogP contribution in [0.1, 0.15) is 240 Å². The van der Waals surface area contributed by atoms with Crippen LogP contribution in [0.3, 0.4) is 0 Å². The Bertz CT molecular complexity index is 1190. The van der Waals surface area contributed by atoms with Gasteiger partial charge in [-0.3, -0.25) is 9.59 Å². The highest BCUT2D eigenvalue weighted by Gasteiger charge is 2.17. The molecule has 0 aliphatic rings. The molecule has 0 unspecified atom stereocenters. The zero-order valence-electron chi connectivity index (χ0n) is 39.1. The van der Waals surface area contributed by atoms with Gasteiger partial charge in [0, 0.05) is 52.4 Å². The van der Waals surface area contributed by atoms with Crippen LogP contribution < -0.4 is 57.1 Å². The van der Waals surface area contributed by atoms with E-state index < -0.39 is 0 Å². The van der Waals surface area contributed by atoms with E-state index in [-0.39, 0.29) is 59.9 Å². The van der Waals surface area contributed by atoms with Gasteiger partial charge in [0.05, 0.1) is 23.0 Å². The van der Waals surface area contributed by atoms with Gasteiger partial charge in [0.1, 0.15) is 13.1 Å². The molecule has 0 N–H and O–H groups in total. The lowest BCUT2D eigenvalue weighted by Gasteiger charge is -2.05. The quantitative estimate of drug-likeness (QED) is 0.0291. The van der Waals surface area contributed by atoms with Gasteiger partial charge in [-0.05, 0) is 25.7 Å². The topological polar surface area (TPSA) is 60.4 Å². The normalized spacial score (nSPS) is 11.1. The third-order valence-corrected chi connectivity index (χ3v) is 14.3. The number of ether oxygens (including phenoxy) is 2. The molecule has 0 saturated carbocycles. The Balaban J connectivity index is 0.0000174. The van der Waals surface area contributed by atoms with Crippen molar-refractivity contribution >= 4 is 34.6 Å². The lowest BCUT2D eigenvalue weighted by Crippen LogP contribution is -3.00. The molecule has 0 radical (unpaired) electrons. The third-order valence-electron chi connectivity index (χ3n) is 12.0. The maximum absolute atomic E-state index is 12.3.